The topological polar surface area (TPSA) is 105 Å². The fraction of sp³-hybridized carbons (Fsp3) is 0.500. The van der Waals surface area contributed by atoms with Gasteiger partial charge in [0.05, 0.1) is 24.4 Å². The number of benzene rings is 2. The van der Waals surface area contributed by atoms with Crippen LogP contribution in [0.25, 0.3) is 0 Å². The second-order valence-electron chi connectivity index (χ2n) is 11.3. The molecule has 2 aliphatic rings. The first-order valence-electron chi connectivity index (χ1n) is 13.2. The Labute approximate surface area is 258 Å². The maximum Gasteiger partial charge on any atom is 0.410 e. The number of carbonyl (C=O) groups is 2. The van der Waals surface area contributed by atoms with Crippen molar-refractivity contribution in [3.63, 3.8) is 0 Å². The van der Waals surface area contributed by atoms with E-state index in [2.05, 4.69) is 27.3 Å². The zero-order valence-electron chi connectivity index (χ0n) is 23.4. The fourth-order valence-electron chi connectivity index (χ4n) is 4.97. The lowest BCUT2D eigenvalue weighted by molar-refractivity contribution is -0.126. The molecule has 2 amide bonds. The number of alkyl halides is 1. The van der Waals surface area contributed by atoms with Crippen LogP contribution in [0.3, 0.4) is 0 Å². The Balaban J connectivity index is 1.45. The van der Waals surface area contributed by atoms with Crippen molar-refractivity contribution >= 4 is 61.9 Å². The molecule has 0 saturated carbocycles. The van der Waals surface area contributed by atoms with E-state index in [1.807, 2.05) is 20.8 Å². The highest BCUT2D eigenvalue weighted by Crippen LogP contribution is 2.33. The molecule has 1 spiro atoms. The van der Waals surface area contributed by atoms with Gasteiger partial charge in [-0.3, -0.25) is 9.52 Å². The number of sulfonamides is 1. The lowest BCUT2D eigenvalue weighted by atomic mass is 9.89. The van der Waals surface area contributed by atoms with Crippen LogP contribution in [0.2, 0.25) is 5.02 Å². The minimum absolute atomic E-state index is 0.0416. The first kappa shape index (κ1) is 31.8. The van der Waals surface area contributed by atoms with Gasteiger partial charge in [0.15, 0.2) is 0 Å². The Kier molecular flexibility index (Phi) is 9.46. The second-order valence-corrected chi connectivity index (χ2v) is 14.1. The molecule has 0 aromatic heterocycles. The van der Waals surface area contributed by atoms with Crippen LogP contribution in [0.4, 0.5) is 14.9 Å². The van der Waals surface area contributed by atoms with E-state index in [1.54, 1.807) is 28.9 Å². The Morgan fingerprint density at radius 2 is 1.83 bits per heavy atom. The number of ether oxygens (including phenoxy) is 2. The molecule has 9 nitrogen and oxygen atoms in total. The van der Waals surface area contributed by atoms with Gasteiger partial charge in [-0.05, 0) is 82.0 Å². The van der Waals surface area contributed by atoms with Crippen LogP contribution >= 0.6 is 34.2 Å². The van der Waals surface area contributed by atoms with Gasteiger partial charge in [-0.2, -0.15) is 0 Å². The fourth-order valence-corrected chi connectivity index (χ4v) is 7.29. The van der Waals surface area contributed by atoms with E-state index >= 15 is 4.39 Å². The molecular formula is C28H34ClFIN3O6S. The van der Waals surface area contributed by atoms with Crippen LogP contribution < -0.4 is 4.72 Å². The number of carbonyl (C=O) groups excluding carboxylic acids is 2. The summed E-state index contributed by atoms with van der Waals surface area (Å²) in [5, 5.41) is 0.507. The Morgan fingerprint density at radius 1 is 1.15 bits per heavy atom. The first-order chi connectivity index (χ1) is 19.1. The number of anilines is 1. The quantitative estimate of drug-likeness (QED) is 0.311. The molecule has 13 heteroatoms. The SMILES string of the molecule is Cc1c(Cl)ccc(NS(=O)(=O)c2ccc(C(=O)N3CCOC4(CCN(C(=O)OC(C)(C)C)CC4)C3)cc2F)c1CI. The molecular weight excluding hydrogens is 688 g/mol. The number of halogens is 3. The number of piperidine rings is 1. The lowest BCUT2D eigenvalue weighted by Gasteiger charge is -2.47. The van der Waals surface area contributed by atoms with Crippen molar-refractivity contribution in [2.75, 3.05) is 37.5 Å². The molecule has 0 unspecified atom stereocenters. The van der Waals surface area contributed by atoms with Gasteiger partial charge in [0.2, 0.25) is 0 Å². The third-order valence-electron chi connectivity index (χ3n) is 7.24. The van der Waals surface area contributed by atoms with Crippen LogP contribution in [0.15, 0.2) is 35.2 Å². The number of morpholine rings is 1. The third-order valence-corrected chi connectivity index (χ3v) is 9.81. The molecule has 2 aliphatic heterocycles. The first-order valence-corrected chi connectivity index (χ1v) is 16.6. The molecule has 4 rings (SSSR count). The zero-order valence-corrected chi connectivity index (χ0v) is 27.2. The number of hydrogen-bond donors (Lipinski definition) is 1. The van der Waals surface area contributed by atoms with E-state index in [4.69, 9.17) is 21.1 Å². The van der Waals surface area contributed by atoms with Crippen LogP contribution in [-0.4, -0.2) is 74.2 Å². The summed E-state index contributed by atoms with van der Waals surface area (Å²) in [7, 11) is -4.28. The average molecular weight is 722 g/mol. The van der Waals surface area contributed by atoms with E-state index in [-0.39, 0.29) is 18.2 Å². The predicted octanol–water partition coefficient (Wildman–Crippen LogP) is 5.77. The maximum atomic E-state index is 15.2. The molecule has 0 atom stereocenters. The highest BCUT2D eigenvalue weighted by molar-refractivity contribution is 14.1. The molecule has 0 radical (unpaired) electrons. The van der Waals surface area contributed by atoms with Crippen molar-refractivity contribution < 1.29 is 31.9 Å². The second kappa shape index (κ2) is 12.2. The molecule has 2 aromatic carbocycles. The van der Waals surface area contributed by atoms with E-state index in [0.29, 0.717) is 59.8 Å². The summed E-state index contributed by atoms with van der Waals surface area (Å²) in [6, 6.07) is 6.51. The molecule has 2 fully saturated rings. The molecule has 0 bridgehead atoms. The molecule has 2 aromatic rings. The van der Waals surface area contributed by atoms with Gasteiger partial charge < -0.3 is 19.3 Å². The number of hydrogen-bond acceptors (Lipinski definition) is 6. The molecule has 2 heterocycles. The number of rotatable bonds is 5. The van der Waals surface area contributed by atoms with E-state index in [9.17, 15) is 18.0 Å². The normalized spacial score (nSPS) is 17.4. The summed E-state index contributed by atoms with van der Waals surface area (Å²) in [5.41, 5.74) is 0.584. The highest BCUT2D eigenvalue weighted by Gasteiger charge is 2.42. The molecule has 1 N–H and O–H groups in total. The van der Waals surface area contributed by atoms with Gasteiger partial charge >= 0.3 is 6.09 Å². The van der Waals surface area contributed by atoms with Gasteiger partial charge in [0.25, 0.3) is 15.9 Å². The third kappa shape index (κ3) is 7.26. The largest absolute Gasteiger partial charge is 0.444 e. The van der Waals surface area contributed by atoms with Crippen molar-refractivity contribution in [1.82, 2.24) is 9.80 Å². The Bertz CT molecular complexity index is 1440. The van der Waals surface area contributed by atoms with Crippen molar-refractivity contribution in [1.29, 1.82) is 0 Å². The lowest BCUT2D eigenvalue weighted by Crippen LogP contribution is -2.58. The van der Waals surface area contributed by atoms with Crippen LogP contribution in [0.5, 0.6) is 0 Å². The number of nitrogens with zero attached hydrogens (tertiary/aromatic N) is 2. The monoisotopic (exact) mass is 721 g/mol. The van der Waals surface area contributed by atoms with Crippen molar-refractivity contribution in [3.05, 3.63) is 57.9 Å². The Morgan fingerprint density at radius 3 is 2.44 bits per heavy atom. The zero-order chi connectivity index (χ0) is 30.2. The van der Waals surface area contributed by atoms with Gasteiger partial charge in [-0.15, -0.1) is 0 Å². The standard InChI is InChI=1S/C28H34ClFIN3O6S/c1-18-20(16-31)23(7-6-21(18)29)32-41(37,38)24-8-5-19(15-22(24)30)25(35)34-13-14-39-28(17-34)9-11-33(12-10-28)26(36)40-27(2,3)4/h5-8,15,32H,9-14,16-17H2,1-4H3. The summed E-state index contributed by atoms with van der Waals surface area (Å²) in [4.78, 5) is 28.5. The minimum Gasteiger partial charge on any atom is -0.444 e. The molecule has 41 heavy (non-hydrogen) atoms. The Hall–Kier alpha value is -2.16. The summed E-state index contributed by atoms with van der Waals surface area (Å²) in [6.07, 6.45) is 0.667. The average Bonchev–Trinajstić information content (AvgIpc) is 2.89. The van der Waals surface area contributed by atoms with Crippen LogP contribution in [0.1, 0.15) is 55.1 Å². The molecule has 2 saturated heterocycles. The van der Waals surface area contributed by atoms with Crippen molar-refractivity contribution in [2.24, 2.45) is 0 Å². The van der Waals surface area contributed by atoms with Gasteiger partial charge in [-0.1, -0.05) is 34.2 Å². The van der Waals surface area contributed by atoms with Crippen molar-refractivity contribution in [3.8, 4) is 0 Å². The maximum absolute atomic E-state index is 15.2. The minimum atomic E-state index is -4.28. The van der Waals surface area contributed by atoms with Gasteiger partial charge in [-0.25, -0.2) is 17.6 Å². The number of nitrogens with one attached hydrogen (secondary N) is 1. The predicted molar refractivity (Wildman–Crippen MR) is 163 cm³/mol. The highest BCUT2D eigenvalue weighted by atomic mass is 127. The van der Waals surface area contributed by atoms with E-state index in [0.717, 1.165) is 17.7 Å². The summed E-state index contributed by atoms with van der Waals surface area (Å²) >= 11 is 8.28. The van der Waals surface area contributed by atoms with Gasteiger partial charge in [0, 0.05) is 34.6 Å². The summed E-state index contributed by atoms with van der Waals surface area (Å²) < 4.78 is 55.9. The smallest absolute Gasteiger partial charge is 0.410 e. The number of likely N-dealkylation sites (tertiary alicyclic amines) is 1. The number of amides is 2. The van der Waals surface area contributed by atoms with Gasteiger partial charge in [0.1, 0.15) is 16.3 Å². The summed E-state index contributed by atoms with van der Waals surface area (Å²) in [6.45, 7) is 8.98. The van der Waals surface area contributed by atoms with Crippen LogP contribution in [0, 0.1) is 12.7 Å². The summed E-state index contributed by atoms with van der Waals surface area (Å²) in [5.74, 6) is -1.45. The van der Waals surface area contributed by atoms with E-state index in [1.165, 1.54) is 6.07 Å². The van der Waals surface area contributed by atoms with Crippen LogP contribution in [-0.2, 0) is 23.9 Å². The molecule has 224 valence electrons. The molecule has 0 aliphatic carbocycles. The van der Waals surface area contributed by atoms with Crippen molar-refractivity contribution in [2.45, 2.75) is 61.1 Å². The van der Waals surface area contributed by atoms with E-state index < -0.39 is 37.8 Å².